The largest absolute Gasteiger partial charge is 0.396 e. The van der Waals surface area contributed by atoms with E-state index in [1.807, 2.05) is 30.3 Å². The average Bonchev–Trinajstić information content (AvgIpc) is 2.80. The normalized spacial score (nSPS) is 14.0. The summed E-state index contributed by atoms with van der Waals surface area (Å²) in [6.45, 7) is 2.54. The molecule has 176 valence electrons. The summed E-state index contributed by atoms with van der Waals surface area (Å²) in [5.41, 5.74) is 9.85. The van der Waals surface area contributed by atoms with Crippen LogP contribution in [0.25, 0.3) is 10.4 Å². The number of unbranched alkanes of at least 4 members (excludes halogenated alkanes) is 11. The maximum atomic E-state index is 10.7. The predicted octanol–water partition coefficient (Wildman–Crippen LogP) is 6.27. The molecule has 0 bridgehead atoms. The van der Waals surface area contributed by atoms with E-state index in [9.17, 15) is 10.2 Å². The van der Waals surface area contributed by atoms with Gasteiger partial charge in [0.05, 0.1) is 18.8 Å². The molecule has 0 saturated carbocycles. The van der Waals surface area contributed by atoms with E-state index >= 15 is 0 Å². The van der Waals surface area contributed by atoms with Crippen LogP contribution in [0.4, 0.5) is 0 Å². The van der Waals surface area contributed by atoms with Crippen molar-refractivity contribution < 1.29 is 10.2 Å². The Labute approximate surface area is 189 Å². The van der Waals surface area contributed by atoms with E-state index in [-0.39, 0.29) is 12.6 Å². The zero-order valence-corrected chi connectivity index (χ0v) is 19.5. The van der Waals surface area contributed by atoms with Gasteiger partial charge in [-0.15, -0.1) is 0 Å². The smallest absolute Gasteiger partial charge is 0.0879 e. The minimum atomic E-state index is -0.905. The van der Waals surface area contributed by atoms with E-state index in [2.05, 4.69) is 22.3 Å². The number of nitrogens with one attached hydrogen (secondary N) is 1. The minimum Gasteiger partial charge on any atom is -0.396 e. The molecule has 31 heavy (non-hydrogen) atoms. The van der Waals surface area contributed by atoms with Gasteiger partial charge in [0, 0.05) is 17.5 Å². The third-order valence-electron chi connectivity index (χ3n) is 5.97. The lowest BCUT2D eigenvalue weighted by Gasteiger charge is -2.27. The van der Waals surface area contributed by atoms with Crippen molar-refractivity contribution in [2.45, 2.75) is 115 Å². The fraction of sp³-hybridized carbons (Fsp3) is 0.760. The molecule has 6 nitrogen and oxygen atoms in total. The Hall–Kier alpha value is -1.59. The van der Waals surface area contributed by atoms with Crippen molar-refractivity contribution in [1.29, 1.82) is 0 Å². The highest BCUT2D eigenvalue weighted by Crippen LogP contribution is 2.16. The van der Waals surface area contributed by atoms with Crippen LogP contribution in [0.15, 0.2) is 35.4 Å². The van der Waals surface area contributed by atoms with Crippen molar-refractivity contribution in [2.75, 3.05) is 6.61 Å². The monoisotopic (exact) mass is 432 g/mol. The maximum absolute atomic E-state index is 10.7. The molecular formula is C25H44N4O2. The topological polar surface area (TPSA) is 101 Å². The van der Waals surface area contributed by atoms with Crippen LogP contribution < -0.4 is 5.32 Å². The van der Waals surface area contributed by atoms with E-state index in [0.717, 1.165) is 24.8 Å². The van der Waals surface area contributed by atoms with Gasteiger partial charge in [0.25, 0.3) is 0 Å². The second-order valence-electron chi connectivity index (χ2n) is 8.60. The average molecular weight is 433 g/mol. The fourth-order valence-electron chi connectivity index (χ4n) is 3.99. The Balaban J connectivity index is 2.29. The fourth-order valence-corrected chi connectivity index (χ4v) is 3.99. The first-order chi connectivity index (χ1) is 15.2. The zero-order chi connectivity index (χ0) is 22.6. The lowest BCUT2D eigenvalue weighted by atomic mass is 9.97. The van der Waals surface area contributed by atoms with Crippen molar-refractivity contribution in [3.63, 3.8) is 0 Å². The summed E-state index contributed by atoms with van der Waals surface area (Å²) >= 11 is 0. The second-order valence-corrected chi connectivity index (χ2v) is 8.60. The van der Waals surface area contributed by atoms with Crippen LogP contribution in [0.5, 0.6) is 0 Å². The molecule has 0 unspecified atom stereocenters. The molecule has 3 N–H and O–H groups in total. The van der Waals surface area contributed by atoms with Gasteiger partial charge in [-0.2, -0.15) is 0 Å². The highest BCUT2D eigenvalue weighted by atomic mass is 16.3. The van der Waals surface area contributed by atoms with E-state index < -0.39 is 12.1 Å². The van der Waals surface area contributed by atoms with E-state index in [1.54, 1.807) is 0 Å². The molecule has 0 aliphatic rings. The molecule has 1 aromatic rings. The lowest BCUT2D eigenvalue weighted by molar-refractivity contribution is 0.0702. The number of azide groups is 1. The molecule has 0 aromatic heterocycles. The Morgan fingerprint density at radius 1 is 0.903 bits per heavy atom. The summed E-state index contributed by atoms with van der Waals surface area (Å²) < 4.78 is 0. The number of hydrogen-bond acceptors (Lipinski definition) is 4. The Kier molecular flexibility index (Phi) is 16.9. The van der Waals surface area contributed by atoms with Gasteiger partial charge in [0.15, 0.2) is 0 Å². The van der Waals surface area contributed by atoms with Gasteiger partial charge in [-0.1, -0.05) is 119 Å². The van der Waals surface area contributed by atoms with Gasteiger partial charge < -0.3 is 15.5 Å². The summed E-state index contributed by atoms with van der Waals surface area (Å²) in [7, 11) is 0. The predicted molar refractivity (Wildman–Crippen MR) is 129 cm³/mol. The highest BCUT2D eigenvalue weighted by molar-refractivity contribution is 5.14. The van der Waals surface area contributed by atoms with Crippen molar-refractivity contribution >= 4 is 0 Å². The molecule has 3 atom stereocenters. The molecule has 0 aliphatic heterocycles. The van der Waals surface area contributed by atoms with Gasteiger partial charge in [-0.25, -0.2) is 0 Å². The third-order valence-corrected chi connectivity index (χ3v) is 5.97. The Morgan fingerprint density at radius 3 is 1.97 bits per heavy atom. The van der Waals surface area contributed by atoms with Crippen LogP contribution in [-0.2, 0) is 6.54 Å². The number of benzene rings is 1. The summed E-state index contributed by atoms with van der Waals surface area (Å²) in [4.78, 5) is 2.77. The van der Waals surface area contributed by atoms with Crippen LogP contribution in [-0.4, -0.2) is 35.0 Å². The van der Waals surface area contributed by atoms with Crippen LogP contribution in [0.1, 0.15) is 96.0 Å². The van der Waals surface area contributed by atoms with Crippen LogP contribution >= 0.6 is 0 Å². The van der Waals surface area contributed by atoms with Crippen molar-refractivity contribution in [1.82, 2.24) is 5.32 Å². The summed E-state index contributed by atoms with van der Waals surface area (Å²) in [5, 5.41) is 27.1. The first-order valence-electron chi connectivity index (χ1n) is 12.3. The van der Waals surface area contributed by atoms with Crippen molar-refractivity contribution in [2.24, 2.45) is 5.11 Å². The molecule has 6 heteroatoms. The summed E-state index contributed by atoms with van der Waals surface area (Å²) in [6.07, 6.45) is 15.4. The lowest BCUT2D eigenvalue weighted by Crippen LogP contribution is -2.46. The van der Waals surface area contributed by atoms with Gasteiger partial charge in [-0.3, -0.25) is 0 Å². The molecular weight excluding hydrogens is 388 g/mol. The molecule has 0 radical (unpaired) electrons. The molecule has 0 saturated heterocycles. The molecule has 0 heterocycles. The highest BCUT2D eigenvalue weighted by Gasteiger charge is 2.26. The van der Waals surface area contributed by atoms with Gasteiger partial charge >= 0.3 is 0 Å². The number of aliphatic hydroxyl groups is 2. The van der Waals surface area contributed by atoms with Crippen LogP contribution in [0, 0.1) is 0 Å². The number of nitrogens with zero attached hydrogens (tertiary/aromatic N) is 3. The number of hydrogen-bond donors (Lipinski definition) is 3. The summed E-state index contributed by atoms with van der Waals surface area (Å²) in [6, 6.07) is 9.00. The standard InChI is InChI=1S/C25H44N4O2/c1-2-3-4-5-6-7-8-9-10-11-12-16-19-23(25(31)24(21-30)28-29-26)27-20-22-17-14-13-15-18-22/h13-15,17-18,23-25,27,30-31H,2-12,16,19-21H2,1H3/t23-,24+,25+/m0/s1. The Bertz CT molecular complexity index is 578. The van der Waals surface area contributed by atoms with Crippen LogP contribution in [0.2, 0.25) is 0 Å². The van der Waals surface area contributed by atoms with Gasteiger partial charge in [0.2, 0.25) is 0 Å². The summed E-state index contributed by atoms with van der Waals surface area (Å²) in [5.74, 6) is 0. The zero-order valence-electron chi connectivity index (χ0n) is 19.5. The SMILES string of the molecule is CCCCCCCCCCCCCC[C@H](NCc1ccccc1)[C@@H](O)[C@@H](CO)N=[N+]=[N-]. The van der Waals surface area contributed by atoms with Gasteiger partial charge in [-0.05, 0) is 17.5 Å². The number of aliphatic hydroxyl groups excluding tert-OH is 2. The van der Waals surface area contributed by atoms with E-state index in [1.165, 1.54) is 64.2 Å². The molecule has 0 fully saturated rings. The minimum absolute atomic E-state index is 0.217. The second kappa shape index (κ2) is 19.1. The van der Waals surface area contributed by atoms with E-state index in [4.69, 9.17) is 5.53 Å². The van der Waals surface area contributed by atoms with Crippen molar-refractivity contribution in [3.05, 3.63) is 46.3 Å². The quantitative estimate of drug-likeness (QED) is 0.0979. The van der Waals surface area contributed by atoms with Gasteiger partial charge in [0.1, 0.15) is 0 Å². The Morgan fingerprint density at radius 2 is 1.45 bits per heavy atom. The van der Waals surface area contributed by atoms with Crippen LogP contribution in [0.3, 0.4) is 0 Å². The number of rotatable bonds is 20. The maximum Gasteiger partial charge on any atom is 0.0879 e. The molecule has 0 amide bonds. The third kappa shape index (κ3) is 13.4. The van der Waals surface area contributed by atoms with E-state index in [0.29, 0.717) is 6.54 Å². The first kappa shape index (κ1) is 27.4. The molecule has 1 aromatic carbocycles. The first-order valence-corrected chi connectivity index (χ1v) is 12.3. The molecule has 0 spiro atoms. The molecule has 1 rings (SSSR count). The molecule has 0 aliphatic carbocycles. The van der Waals surface area contributed by atoms with Crippen molar-refractivity contribution in [3.8, 4) is 0 Å².